The molecular formula is C16H16N4O. The van der Waals surface area contributed by atoms with Crippen molar-refractivity contribution in [3.63, 3.8) is 0 Å². The van der Waals surface area contributed by atoms with Gasteiger partial charge in [-0.05, 0) is 42.0 Å². The highest BCUT2D eigenvalue weighted by Crippen LogP contribution is 2.35. The van der Waals surface area contributed by atoms with E-state index in [2.05, 4.69) is 10.1 Å². The summed E-state index contributed by atoms with van der Waals surface area (Å²) < 4.78 is 6.88. The summed E-state index contributed by atoms with van der Waals surface area (Å²) in [5.74, 6) is 1.44. The van der Waals surface area contributed by atoms with Crippen molar-refractivity contribution in [3.05, 3.63) is 48.8 Å². The third kappa shape index (κ3) is 2.33. The van der Waals surface area contributed by atoms with Crippen molar-refractivity contribution >= 4 is 5.82 Å². The fourth-order valence-electron chi connectivity index (χ4n) is 2.29. The topological polar surface area (TPSA) is 66.0 Å². The van der Waals surface area contributed by atoms with Crippen molar-refractivity contribution in [2.45, 2.75) is 0 Å². The molecule has 0 fully saturated rings. The zero-order valence-corrected chi connectivity index (χ0v) is 11.9. The van der Waals surface area contributed by atoms with Gasteiger partial charge in [-0.25, -0.2) is 0 Å². The van der Waals surface area contributed by atoms with Crippen LogP contribution >= 0.6 is 0 Å². The van der Waals surface area contributed by atoms with Gasteiger partial charge in [0.15, 0.2) is 0 Å². The van der Waals surface area contributed by atoms with Crippen LogP contribution in [0.3, 0.4) is 0 Å². The van der Waals surface area contributed by atoms with Crippen LogP contribution in [0.15, 0.2) is 48.8 Å². The fraction of sp³-hybridized carbons (Fsp3) is 0.125. The van der Waals surface area contributed by atoms with Crippen molar-refractivity contribution in [1.82, 2.24) is 14.8 Å². The van der Waals surface area contributed by atoms with Gasteiger partial charge in [0.1, 0.15) is 17.3 Å². The number of anilines is 1. The molecule has 0 saturated heterocycles. The Morgan fingerprint density at radius 2 is 1.67 bits per heavy atom. The first kappa shape index (κ1) is 13.2. The molecule has 2 aromatic heterocycles. The van der Waals surface area contributed by atoms with E-state index in [-0.39, 0.29) is 0 Å². The molecule has 106 valence electrons. The lowest BCUT2D eigenvalue weighted by atomic mass is 10.0. The molecule has 0 spiro atoms. The molecule has 2 N–H and O–H groups in total. The lowest BCUT2D eigenvalue weighted by Crippen LogP contribution is -1.97. The number of rotatable bonds is 3. The number of methoxy groups -OCH3 is 1. The Balaban J connectivity index is 2.16. The summed E-state index contributed by atoms with van der Waals surface area (Å²) in [5.41, 5.74) is 9.95. The number of nitrogens with zero attached hydrogens (tertiary/aromatic N) is 3. The van der Waals surface area contributed by atoms with Crippen LogP contribution in [0.4, 0.5) is 5.82 Å². The number of hydrogen-bond donors (Lipinski definition) is 1. The Bertz CT molecular complexity index is 748. The number of ether oxygens (including phenoxy) is 1. The normalized spacial score (nSPS) is 10.6. The van der Waals surface area contributed by atoms with Gasteiger partial charge in [0.25, 0.3) is 0 Å². The molecular weight excluding hydrogens is 264 g/mol. The van der Waals surface area contributed by atoms with Crippen LogP contribution in [-0.2, 0) is 7.05 Å². The molecule has 21 heavy (non-hydrogen) atoms. The summed E-state index contributed by atoms with van der Waals surface area (Å²) in [7, 11) is 3.49. The summed E-state index contributed by atoms with van der Waals surface area (Å²) in [6, 6.07) is 11.6. The predicted molar refractivity (Wildman–Crippen MR) is 82.8 cm³/mol. The van der Waals surface area contributed by atoms with Crippen molar-refractivity contribution < 1.29 is 4.74 Å². The number of hydrogen-bond acceptors (Lipinski definition) is 4. The van der Waals surface area contributed by atoms with E-state index in [1.54, 1.807) is 24.2 Å². The van der Waals surface area contributed by atoms with Crippen LogP contribution in [0, 0.1) is 0 Å². The monoisotopic (exact) mass is 280 g/mol. The zero-order chi connectivity index (χ0) is 14.8. The molecule has 3 rings (SSSR count). The van der Waals surface area contributed by atoms with E-state index in [9.17, 15) is 0 Å². The van der Waals surface area contributed by atoms with Gasteiger partial charge in [0.05, 0.1) is 12.7 Å². The van der Waals surface area contributed by atoms with Crippen LogP contribution in [-0.4, -0.2) is 21.9 Å². The standard InChI is InChI=1S/C16H16N4O/c1-20-16(17)14(11-7-9-18-10-8-11)15(19-20)12-3-5-13(21-2)6-4-12/h3-10H,17H2,1-2H3. The third-order valence-corrected chi connectivity index (χ3v) is 3.42. The molecule has 1 aromatic carbocycles. The highest BCUT2D eigenvalue weighted by atomic mass is 16.5. The van der Waals surface area contributed by atoms with Gasteiger partial charge < -0.3 is 10.5 Å². The molecule has 3 aromatic rings. The summed E-state index contributed by atoms with van der Waals surface area (Å²) >= 11 is 0. The molecule has 0 aliphatic heterocycles. The summed E-state index contributed by atoms with van der Waals surface area (Å²) in [6.45, 7) is 0. The van der Waals surface area contributed by atoms with Crippen molar-refractivity contribution in [1.29, 1.82) is 0 Å². The third-order valence-electron chi connectivity index (χ3n) is 3.42. The van der Waals surface area contributed by atoms with Crippen molar-refractivity contribution in [3.8, 4) is 28.1 Å². The van der Waals surface area contributed by atoms with Crippen LogP contribution in [0.2, 0.25) is 0 Å². The van der Waals surface area contributed by atoms with E-state index in [0.717, 1.165) is 28.1 Å². The lowest BCUT2D eigenvalue weighted by Gasteiger charge is -2.05. The molecule has 0 unspecified atom stereocenters. The first-order valence-electron chi connectivity index (χ1n) is 6.58. The number of aromatic nitrogens is 3. The molecule has 0 radical (unpaired) electrons. The van der Waals surface area contributed by atoms with E-state index in [1.165, 1.54) is 0 Å². The number of pyridine rings is 1. The average molecular weight is 280 g/mol. The highest BCUT2D eigenvalue weighted by Gasteiger charge is 2.17. The quantitative estimate of drug-likeness (QED) is 0.801. The predicted octanol–water partition coefficient (Wildman–Crippen LogP) is 2.74. The van der Waals surface area contributed by atoms with Gasteiger partial charge in [-0.1, -0.05) is 0 Å². The van der Waals surface area contributed by atoms with Gasteiger partial charge in [-0.2, -0.15) is 5.10 Å². The second-order valence-corrected chi connectivity index (χ2v) is 4.70. The smallest absolute Gasteiger partial charge is 0.129 e. The lowest BCUT2D eigenvalue weighted by molar-refractivity contribution is 0.415. The SMILES string of the molecule is COc1ccc(-c2nn(C)c(N)c2-c2ccncc2)cc1. The summed E-state index contributed by atoms with van der Waals surface area (Å²) in [5, 5.41) is 4.54. The number of nitrogens with two attached hydrogens (primary N) is 1. The molecule has 2 heterocycles. The average Bonchev–Trinajstić information content (AvgIpc) is 2.84. The molecule has 0 amide bonds. The van der Waals surface area contributed by atoms with Crippen molar-refractivity contribution in [2.24, 2.45) is 7.05 Å². The molecule has 0 saturated carbocycles. The van der Waals surface area contributed by atoms with Gasteiger partial charge in [0.2, 0.25) is 0 Å². The highest BCUT2D eigenvalue weighted by molar-refractivity contribution is 5.88. The molecule has 0 aliphatic carbocycles. The van der Waals surface area contributed by atoms with E-state index >= 15 is 0 Å². The Morgan fingerprint density at radius 1 is 1.00 bits per heavy atom. The minimum Gasteiger partial charge on any atom is -0.497 e. The first-order chi connectivity index (χ1) is 10.2. The Kier molecular flexibility index (Phi) is 3.31. The largest absolute Gasteiger partial charge is 0.497 e. The first-order valence-corrected chi connectivity index (χ1v) is 6.58. The number of nitrogen functional groups attached to an aromatic ring is 1. The zero-order valence-electron chi connectivity index (χ0n) is 11.9. The maximum absolute atomic E-state index is 6.18. The maximum atomic E-state index is 6.18. The summed E-state index contributed by atoms with van der Waals surface area (Å²) in [4.78, 5) is 4.05. The van der Waals surface area contributed by atoms with Gasteiger partial charge in [0, 0.05) is 25.0 Å². The van der Waals surface area contributed by atoms with E-state index in [4.69, 9.17) is 10.5 Å². The van der Waals surface area contributed by atoms with Gasteiger partial charge in [-0.3, -0.25) is 9.67 Å². The van der Waals surface area contributed by atoms with Gasteiger partial charge in [-0.15, -0.1) is 0 Å². The fourth-order valence-corrected chi connectivity index (χ4v) is 2.29. The Morgan fingerprint density at radius 3 is 2.29 bits per heavy atom. The van der Waals surface area contributed by atoms with Crippen LogP contribution in [0.1, 0.15) is 0 Å². The molecule has 0 bridgehead atoms. The molecule has 5 nitrogen and oxygen atoms in total. The number of aryl methyl sites for hydroxylation is 1. The Labute approximate surface area is 123 Å². The van der Waals surface area contributed by atoms with E-state index in [1.807, 2.05) is 43.4 Å². The minimum atomic E-state index is 0.631. The van der Waals surface area contributed by atoms with Crippen LogP contribution < -0.4 is 10.5 Å². The molecule has 5 heteroatoms. The second kappa shape index (κ2) is 5.28. The van der Waals surface area contributed by atoms with E-state index in [0.29, 0.717) is 5.82 Å². The van der Waals surface area contributed by atoms with Gasteiger partial charge >= 0.3 is 0 Å². The second-order valence-electron chi connectivity index (χ2n) is 4.70. The van der Waals surface area contributed by atoms with Crippen LogP contribution in [0.25, 0.3) is 22.4 Å². The van der Waals surface area contributed by atoms with Crippen LogP contribution in [0.5, 0.6) is 5.75 Å². The molecule has 0 atom stereocenters. The molecule has 0 aliphatic rings. The Hall–Kier alpha value is -2.82. The maximum Gasteiger partial charge on any atom is 0.129 e. The number of benzene rings is 1. The minimum absolute atomic E-state index is 0.631. The van der Waals surface area contributed by atoms with Crippen molar-refractivity contribution in [2.75, 3.05) is 12.8 Å². The van der Waals surface area contributed by atoms with E-state index < -0.39 is 0 Å². The summed E-state index contributed by atoms with van der Waals surface area (Å²) in [6.07, 6.45) is 3.50.